The lowest BCUT2D eigenvalue weighted by molar-refractivity contribution is -0.147. The Kier molecular flexibility index (Phi) is 4.76. The van der Waals surface area contributed by atoms with Gasteiger partial charge in [-0.2, -0.15) is 0 Å². The third kappa shape index (κ3) is 3.24. The summed E-state index contributed by atoms with van der Waals surface area (Å²) >= 11 is 0. The molecule has 2 saturated heterocycles. The van der Waals surface area contributed by atoms with Gasteiger partial charge in [-0.05, 0) is 29.3 Å². The van der Waals surface area contributed by atoms with Crippen LogP contribution in [0.2, 0.25) is 0 Å². The SMILES string of the molecule is COC(=O)[C@@H]1C[C@@H](O)CN1CN1C(=O)N[C@](C)(c2ccc3ccccc3c2)C1=O. The lowest BCUT2D eigenvalue weighted by Crippen LogP contribution is -2.47. The summed E-state index contributed by atoms with van der Waals surface area (Å²) in [6.45, 7) is 1.77. The van der Waals surface area contributed by atoms with E-state index in [9.17, 15) is 19.5 Å². The van der Waals surface area contributed by atoms with E-state index in [-0.39, 0.29) is 19.6 Å². The maximum absolute atomic E-state index is 13.2. The maximum Gasteiger partial charge on any atom is 0.326 e. The van der Waals surface area contributed by atoms with Crippen molar-refractivity contribution < 1.29 is 24.2 Å². The van der Waals surface area contributed by atoms with Crippen molar-refractivity contribution in [1.29, 1.82) is 0 Å². The summed E-state index contributed by atoms with van der Waals surface area (Å²) in [4.78, 5) is 40.6. The number of carbonyl (C=O) groups excluding carboxylic acids is 3. The number of β-amino-alcohol motifs (C(OH)–C–C–N with tert-alkyl or cyclic N) is 1. The lowest BCUT2D eigenvalue weighted by atomic mass is 9.90. The summed E-state index contributed by atoms with van der Waals surface area (Å²) in [5, 5.41) is 14.7. The molecule has 2 aromatic rings. The number of nitrogens with one attached hydrogen (secondary N) is 1. The molecular formula is C21H23N3O5. The first-order chi connectivity index (χ1) is 13.8. The van der Waals surface area contributed by atoms with Gasteiger partial charge in [-0.15, -0.1) is 0 Å². The fourth-order valence-corrected chi connectivity index (χ4v) is 4.12. The van der Waals surface area contributed by atoms with Crippen molar-refractivity contribution in [3.8, 4) is 0 Å². The Hall–Kier alpha value is -2.97. The van der Waals surface area contributed by atoms with Crippen molar-refractivity contribution in [3.05, 3.63) is 48.0 Å². The fraction of sp³-hybridized carbons (Fsp3) is 0.381. The number of carbonyl (C=O) groups is 3. The first kappa shape index (κ1) is 19.4. The number of methoxy groups -OCH3 is 1. The average molecular weight is 397 g/mol. The monoisotopic (exact) mass is 397 g/mol. The molecule has 2 aromatic carbocycles. The molecule has 2 aliphatic rings. The number of aliphatic hydroxyl groups is 1. The average Bonchev–Trinajstić information content (AvgIpc) is 3.19. The molecule has 2 N–H and O–H groups in total. The van der Waals surface area contributed by atoms with Gasteiger partial charge in [0.05, 0.1) is 19.9 Å². The van der Waals surface area contributed by atoms with Crippen molar-refractivity contribution in [2.24, 2.45) is 0 Å². The molecule has 8 nitrogen and oxygen atoms in total. The number of rotatable bonds is 4. The molecule has 0 aromatic heterocycles. The van der Waals surface area contributed by atoms with Crippen LogP contribution in [0.4, 0.5) is 4.79 Å². The van der Waals surface area contributed by atoms with E-state index in [2.05, 4.69) is 5.32 Å². The van der Waals surface area contributed by atoms with E-state index in [0.717, 1.165) is 15.7 Å². The largest absolute Gasteiger partial charge is 0.468 e. The highest BCUT2D eigenvalue weighted by atomic mass is 16.5. The number of urea groups is 1. The highest BCUT2D eigenvalue weighted by molar-refractivity contribution is 6.07. The van der Waals surface area contributed by atoms with Gasteiger partial charge in [-0.25, -0.2) is 9.69 Å². The number of hydrogen-bond donors (Lipinski definition) is 2. The van der Waals surface area contributed by atoms with E-state index < -0.39 is 35.6 Å². The van der Waals surface area contributed by atoms with Gasteiger partial charge in [0.15, 0.2) is 0 Å². The Balaban J connectivity index is 1.60. The van der Waals surface area contributed by atoms with Crippen LogP contribution in [0, 0.1) is 0 Å². The highest BCUT2D eigenvalue weighted by Crippen LogP contribution is 2.32. The van der Waals surface area contributed by atoms with Gasteiger partial charge >= 0.3 is 12.0 Å². The van der Waals surface area contributed by atoms with E-state index in [0.29, 0.717) is 5.56 Å². The van der Waals surface area contributed by atoms with Crippen LogP contribution in [0.3, 0.4) is 0 Å². The van der Waals surface area contributed by atoms with E-state index in [1.54, 1.807) is 11.8 Å². The summed E-state index contributed by atoms with van der Waals surface area (Å²) in [6, 6.07) is 12.2. The number of ether oxygens (including phenoxy) is 1. The summed E-state index contributed by atoms with van der Waals surface area (Å²) < 4.78 is 4.79. The predicted octanol–water partition coefficient (Wildman–Crippen LogP) is 1.17. The minimum Gasteiger partial charge on any atom is -0.468 e. The Morgan fingerprint density at radius 1 is 1.24 bits per heavy atom. The molecule has 0 spiro atoms. The Morgan fingerprint density at radius 2 is 1.97 bits per heavy atom. The highest BCUT2D eigenvalue weighted by Gasteiger charge is 2.50. The number of fused-ring (bicyclic) bond motifs is 1. The maximum atomic E-state index is 13.2. The van der Waals surface area contributed by atoms with E-state index in [1.165, 1.54) is 7.11 Å². The third-order valence-electron chi connectivity index (χ3n) is 5.78. The molecule has 29 heavy (non-hydrogen) atoms. The van der Waals surface area contributed by atoms with Crippen molar-refractivity contribution in [2.75, 3.05) is 20.3 Å². The molecule has 152 valence electrons. The number of hydrogen-bond acceptors (Lipinski definition) is 6. The molecule has 2 aliphatic heterocycles. The van der Waals surface area contributed by atoms with Crippen molar-refractivity contribution in [2.45, 2.75) is 31.0 Å². The second-order valence-corrected chi connectivity index (χ2v) is 7.69. The van der Waals surface area contributed by atoms with Crippen LogP contribution in [0.25, 0.3) is 10.8 Å². The van der Waals surface area contributed by atoms with Gasteiger partial charge < -0.3 is 15.2 Å². The summed E-state index contributed by atoms with van der Waals surface area (Å²) in [6.07, 6.45) is -0.509. The quantitative estimate of drug-likeness (QED) is 0.594. The van der Waals surface area contributed by atoms with Gasteiger partial charge in [-0.3, -0.25) is 14.5 Å². The van der Waals surface area contributed by atoms with Crippen molar-refractivity contribution in [3.63, 3.8) is 0 Å². The molecule has 8 heteroatoms. The second-order valence-electron chi connectivity index (χ2n) is 7.69. The minimum atomic E-state index is -1.21. The number of imide groups is 1. The van der Waals surface area contributed by atoms with E-state index in [4.69, 9.17) is 4.74 Å². The molecule has 0 bridgehead atoms. The third-order valence-corrected chi connectivity index (χ3v) is 5.78. The molecule has 0 saturated carbocycles. The first-order valence-electron chi connectivity index (χ1n) is 9.47. The van der Waals surface area contributed by atoms with Gasteiger partial charge in [0.2, 0.25) is 0 Å². The Morgan fingerprint density at radius 3 is 2.69 bits per heavy atom. The number of likely N-dealkylation sites (tertiary alicyclic amines) is 1. The lowest BCUT2D eigenvalue weighted by Gasteiger charge is -2.27. The summed E-state index contributed by atoms with van der Waals surface area (Å²) in [5.74, 6) is -0.895. The Labute approximate surface area is 168 Å². The van der Waals surface area contributed by atoms with Crippen LogP contribution in [-0.4, -0.2) is 65.3 Å². The molecular weight excluding hydrogens is 374 g/mol. The molecule has 0 radical (unpaired) electrons. The number of nitrogens with zero attached hydrogens (tertiary/aromatic N) is 2. The second kappa shape index (κ2) is 7.13. The van der Waals surface area contributed by atoms with Gasteiger partial charge in [0, 0.05) is 13.0 Å². The molecule has 4 rings (SSSR count). The molecule has 2 heterocycles. The van der Waals surface area contributed by atoms with Crippen LogP contribution in [0.5, 0.6) is 0 Å². The van der Waals surface area contributed by atoms with Crippen LogP contribution >= 0.6 is 0 Å². The topological polar surface area (TPSA) is 99.2 Å². The molecule has 2 fully saturated rings. The van der Waals surface area contributed by atoms with Gasteiger partial charge in [0.25, 0.3) is 5.91 Å². The van der Waals surface area contributed by atoms with E-state index in [1.807, 2.05) is 42.5 Å². The zero-order valence-corrected chi connectivity index (χ0v) is 16.3. The number of amides is 3. The first-order valence-corrected chi connectivity index (χ1v) is 9.47. The van der Waals surface area contributed by atoms with Crippen LogP contribution in [0.15, 0.2) is 42.5 Å². The van der Waals surface area contributed by atoms with Gasteiger partial charge in [-0.1, -0.05) is 36.4 Å². The van der Waals surface area contributed by atoms with Crippen LogP contribution < -0.4 is 5.32 Å². The predicted molar refractivity (Wildman–Crippen MR) is 105 cm³/mol. The molecule has 3 atom stereocenters. The fourth-order valence-electron chi connectivity index (χ4n) is 4.12. The summed E-state index contributed by atoms with van der Waals surface area (Å²) in [7, 11) is 1.27. The standard InChI is InChI=1S/C21H23N3O5/c1-21(15-8-7-13-5-3-4-6-14(13)9-15)19(27)24(20(28)22-21)12-23-11-16(25)10-17(23)18(26)29-2/h3-9,16-17,25H,10-12H2,1-2H3,(H,22,28)/t16-,17+,21-/m1/s1. The minimum absolute atomic E-state index is 0.0926. The van der Waals surface area contributed by atoms with Crippen molar-refractivity contribution >= 4 is 28.7 Å². The normalized spacial score (nSPS) is 27.5. The number of esters is 1. The zero-order valence-electron chi connectivity index (χ0n) is 16.3. The number of aliphatic hydroxyl groups excluding tert-OH is 1. The zero-order chi connectivity index (χ0) is 20.8. The van der Waals surface area contributed by atoms with Crippen LogP contribution in [0.1, 0.15) is 18.9 Å². The molecule has 0 unspecified atom stereocenters. The smallest absolute Gasteiger partial charge is 0.326 e. The number of benzene rings is 2. The van der Waals surface area contributed by atoms with Gasteiger partial charge in [0.1, 0.15) is 11.6 Å². The summed E-state index contributed by atoms with van der Waals surface area (Å²) in [5.41, 5.74) is -0.525. The Bertz CT molecular complexity index is 993. The van der Waals surface area contributed by atoms with E-state index >= 15 is 0 Å². The molecule has 0 aliphatic carbocycles. The van der Waals surface area contributed by atoms with Crippen LogP contribution in [-0.2, 0) is 19.9 Å². The van der Waals surface area contributed by atoms with Crippen molar-refractivity contribution in [1.82, 2.24) is 15.1 Å². The molecule has 3 amide bonds.